The van der Waals surface area contributed by atoms with Crippen LogP contribution in [-0.2, 0) is 14.4 Å². The van der Waals surface area contributed by atoms with E-state index in [4.69, 9.17) is 0 Å². The van der Waals surface area contributed by atoms with Crippen molar-refractivity contribution in [1.82, 2.24) is 10.6 Å². The van der Waals surface area contributed by atoms with Gasteiger partial charge in [0.2, 0.25) is 5.78 Å². The molecule has 1 aromatic heterocycles. The van der Waals surface area contributed by atoms with Crippen molar-refractivity contribution in [2.45, 2.75) is 32.7 Å². The van der Waals surface area contributed by atoms with E-state index in [1.807, 2.05) is 38.1 Å². The van der Waals surface area contributed by atoms with Gasteiger partial charge in [0.05, 0.1) is 11.6 Å². The van der Waals surface area contributed by atoms with Crippen LogP contribution in [0.5, 0.6) is 0 Å². The summed E-state index contributed by atoms with van der Waals surface area (Å²) in [5, 5.41) is 7.96. The van der Waals surface area contributed by atoms with Gasteiger partial charge in [-0.05, 0) is 18.4 Å². The van der Waals surface area contributed by atoms with E-state index < -0.39 is 23.7 Å². The van der Waals surface area contributed by atoms with Gasteiger partial charge in [-0.2, -0.15) is 0 Å². The predicted molar refractivity (Wildman–Crippen MR) is 104 cm³/mol. The lowest BCUT2D eigenvalue weighted by Crippen LogP contribution is -2.48. The standard InChI is InChI=1S/C20H22N2O4S/c1-11(2)17(15(23)9-12-7-8-21-20(26)18(12)24)22-19(25)14-10-27-16-6-4-3-5-13(14)16/h3-6,10-12,17H,7-9H2,1-2H3,(H,21,26)(H,22,25). The van der Waals surface area contributed by atoms with E-state index in [-0.39, 0.29) is 24.0 Å². The van der Waals surface area contributed by atoms with Crippen LogP contribution in [0.4, 0.5) is 0 Å². The summed E-state index contributed by atoms with van der Waals surface area (Å²) in [6, 6.07) is 6.91. The van der Waals surface area contributed by atoms with Crippen molar-refractivity contribution in [3.05, 3.63) is 35.2 Å². The maximum Gasteiger partial charge on any atom is 0.287 e. The zero-order chi connectivity index (χ0) is 19.6. The molecule has 1 fully saturated rings. The van der Waals surface area contributed by atoms with E-state index >= 15 is 0 Å². The van der Waals surface area contributed by atoms with Gasteiger partial charge >= 0.3 is 0 Å². The van der Waals surface area contributed by atoms with Gasteiger partial charge in [0.25, 0.3) is 11.8 Å². The van der Waals surface area contributed by atoms with E-state index in [0.717, 1.165) is 10.1 Å². The minimum atomic E-state index is -0.700. The molecule has 0 aliphatic carbocycles. The van der Waals surface area contributed by atoms with Gasteiger partial charge in [0.15, 0.2) is 5.78 Å². The Morgan fingerprint density at radius 3 is 2.74 bits per heavy atom. The molecular weight excluding hydrogens is 364 g/mol. The fourth-order valence-electron chi connectivity index (χ4n) is 3.32. The highest BCUT2D eigenvalue weighted by atomic mass is 32.1. The van der Waals surface area contributed by atoms with Crippen molar-refractivity contribution >= 4 is 44.8 Å². The van der Waals surface area contributed by atoms with Crippen LogP contribution < -0.4 is 10.6 Å². The highest BCUT2D eigenvalue weighted by Gasteiger charge is 2.34. The van der Waals surface area contributed by atoms with Crippen LogP contribution in [0.25, 0.3) is 10.1 Å². The summed E-state index contributed by atoms with van der Waals surface area (Å²) in [7, 11) is 0. The molecule has 1 aliphatic heterocycles. The molecule has 7 heteroatoms. The highest BCUT2D eigenvalue weighted by Crippen LogP contribution is 2.26. The molecule has 1 aliphatic rings. The first-order chi connectivity index (χ1) is 12.9. The maximum absolute atomic E-state index is 12.8. The van der Waals surface area contributed by atoms with E-state index in [0.29, 0.717) is 18.5 Å². The first-order valence-corrected chi connectivity index (χ1v) is 9.88. The lowest BCUT2D eigenvalue weighted by molar-refractivity contribution is -0.143. The van der Waals surface area contributed by atoms with Crippen LogP contribution in [0.15, 0.2) is 29.6 Å². The summed E-state index contributed by atoms with van der Waals surface area (Å²) in [5.74, 6) is -2.43. The molecule has 6 nitrogen and oxygen atoms in total. The average molecular weight is 386 g/mol. The SMILES string of the molecule is CC(C)C(NC(=O)c1csc2ccccc12)C(=O)CC1CCNC(=O)C1=O. The molecule has 2 N–H and O–H groups in total. The monoisotopic (exact) mass is 386 g/mol. The van der Waals surface area contributed by atoms with Gasteiger partial charge in [-0.3, -0.25) is 19.2 Å². The van der Waals surface area contributed by atoms with Crippen molar-refractivity contribution in [1.29, 1.82) is 0 Å². The number of ketones is 2. The molecule has 2 heterocycles. The Hall–Kier alpha value is -2.54. The number of nitrogens with one attached hydrogen (secondary N) is 2. The van der Waals surface area contributed by atoms with Crippen LogP contribution >= 0.6 is 11.3 Å². The number of Topliss-reactive ketones (excluding diaryl/α,β-unsaturated/α-hetero) is 2. The Balaban J connectivity index is 1.73. The largest absolute Gasteiger partial charge is 0.349 e. The second kappa shape index (κ2) is 8.00. The van der Waals surface area contributed by atoms with Crippen LogP contribution in [0.3, 0.4) is 0 Å². The predicted octanol–water partition coefficient (Wildman–Crippen LogP) is 2.32. The fourth-order valence-corrected chi connectivity index (χ4v) is 4.26. The van der Waals surface area contributed by atoms with Crippen molar-refractivity contribution in [2.24, 2.45) is 11.8 Å². The topological polar surface area (TPSA) is 92.3 Å². The number of thiophene rings is 1. The third-order valence-corrected chi connectivity index (χ3v) is 5.81. The van der Waals surface area contributed by atoms with Gasteiger partial charge in [-0.25, -0.2) is 0 Å². The molecule has 27 heavy (non-hydrogen) atoms. The van der Waals surface area contributed by atoms with E-state index in [2.05, 4.69) is 10.6 Å². The molecule has 0 radical (unpaired) electrons. The Kier molecular flexibility index (Phi) is 5.70. The van der Waals surface area contributed by atoms with Crippen molar-refractivity contribution in [3.8, 4) is 0 Å². The summed E-state index contributed by atoms with van der Waals surface area (Å²) in [6.45, 7) is 4.09. The molecule has 2 amide bonds. The summed E-state index contributed by atoms with van der Waals surface area (Å²) in [6.07, 6.45) is 0.421. The summed E-state index contributed by atoms with van der Waals surface area (Å²) >= 11 is 1.48. The Morgan fingerprint density at radius 1 is 1.26 bits per heavy atom. The summed E-state index contributed by atoms with van der Waals surface area (Å²) in [4.78, 5) is 49.0. The zero-order valence-electron chi connectivity index (χ0n) is 15.3. The van der Waals surface area contributed by atoms with E-state index in [9.17, 15) is 19.2 Å². The molecule has 142 valence electrons. The molecule has 0 spiro atoms. The average Bonchev–Trinajstić information content (AvgIpc) is 3.07. The van der Waals surface area contributed by atoms with Crippen LogP contribution in [0, 0.1) is 11.8 Å². The molecular formula is C20H22N2O4S. The second-order valence-corrected chi connectivity index (χ2v) is 8.03. The molecule has 0 saturated carbocycles. The molecule has 1 aromatic carbocycles. The molecule has 2 atom stereocenters. The van der Waals surface area contributed by atoms with Crippen molar-refractivity contribution < 1.29 is 19.2 Å². The minimum absolute atomic E-state index is 0.0280. The van der Waals surface area contributed by atoms with Crippen LogP contribution in [0.2, 0.25) is 0 Å². The Morgan fingerprint density at radius 2 is 2.00 bits per heavy atom. The number of piperidine rings is 1. The number of hydrogen-bond donors (Lipinski definition) is 2. The van der Waals surface area contributed by atoms with Gasteiger partial charge in [-0.15, -0.1) is 11.3 Å². The van der Waals surface area contributed by atoms with E-state index in [1.54, 1.807) is 5.38 Å². The van der Waals surface area contributed by atoms with Gasteiger partial charge in [0.1, 0.15) is 0 Å². The fraction of sp³-hybridized carbons (Fsp3) is 0.400. The number of amides is 2. The number of hydrogen-bond acceptors (Lipinski definition) is 5. The first-order valence-electron chi connectivity index (χ1n) is 9.00. The van der Waals surface area contributed by atoms with Crippen LogP contribution in [-0.4, -0.2) is 36.0 Å². The molecule has 0 bridgehead atoms. The number of rotatable bonds is 6. The number of fused-ring (bicyclic) bond motifs is 1. The quantitative estimate of drug-likeness (QED) is 0.745. The Bertz CT molecular complexity index is 902. The molecule has 3 rings (SSSR count). The maximum atomic E-state index is 12.8. The zero-order valence-corrected chi connectivity index (χ0v) is 16.1. The third kappa shape index (κ3) is 4.08. The van der Waals surface area contributed by atoms with Crippen LogP contribution in [0.1, 0.15) is 37.0 Å². The number of carbonyl (C=O) groups is 4. The van der Waals surface area contributed by atoms with Gasteiger partial charge in [0, 0.05) is 34.3 Å². The number of carbonyl (C=O) groups excluding carboxylic acids is 4. The third-order valence-electron chi connectivity index (χ3n) is 4.85. The van der Waals surface area contributed by atoms with Gasteiger partial charge < -0.3 is 10.6 Å². The molecule has 2 unspecified atom stereocenters. The lowest BCUT2D eigenvalue weighted by Gasteiger charge is -2.25. The highest BCUT2D eigenvalue weighted by molar-refractivity contribution is 7.17. The summed E-state index contributed by atoms with van der Waals surface area (Å²) in [5.41, 5.74) is 0.544. The van der Waals surface area contributed by atoms with Gasteiger partial charge in [-0.1, -0.05) is 32.0 Å². The van der Waals surface area contributed by atoms with Crippen molar-refractivity contribution in [3.63, 3.8) is 0 Å². The normalized spacial score (nSPS) is 18.4. The first kappa shape index (κ1) is 19.2. The second-order valence-electron chi connectivity index (χ2n) is 7.12. The van der Waals surface area contributed by atoms with E-state index in [1.165, 1.54) is 11.3 Å². The molecule has 1 saturated heterocycles. The Labute approximate surface area is 161 Å². The smallest absolute Gasteiger partial charge is 0.287 e. The number of benzene rings is 1. The minimum Gasteiger partial charge on any atom is -0.349 e. The van der Waals surface area contributed by atoms with Crippen molar-refractivity contribution in [2.75, 3.05) is 6.54 Å². The molecule has 2 aromatic rings. The lowest BCUT2D eigenvalue weighted by atomic mass is 9.86. The summed E-state index contributed by atoms with van der Waals surface area (Å²) < 4.78 is 1.01.